The second-order valence-corrected chi connectivity index (χ2v) is 17.5. The predicted molar refractivity (Wildman–Crippen MR) is 285 cm³/mol. The van der Waals surface area contributed by atoms with Gasteiger partial charge in [-0.05, 0) is 118 Å². The fourth-order valence-electron chi connectivity index (χ4n) is 10.2. The van der Waals surface area contributed by atoms with Crippen molar-refractivity contribution >= 4 is 49.3 Å². The number of hydrogen-bond donors (Lipinski definition) is 0. The predicted octanol–water partition coefficient (Wildman–Crippen LogP) is 15.6. The highest BCUT2D eigenvalue weighted by Gasteiger charge is 2.24. The monoisotopic (exact) mass is 914 g/mol. The number of benzene rings is 9. The van der Waals surface area contributed by atoms with Gasteiger partial charge in [-0.1, -0.05) is 121 Å². The van der Waals surface area contributed by atoms with Gasteiger partial charge >= 0.3 is 0 Å². The van der Waals surface area contributed by atoms with Crippen LogP contribution in [-0.2, 0) is 0 Å². The SMILES string of the molecule is [C-]#[N+]c1cc(-n2c3ccccc3c3cc(-c4ccc(C#N)cc4C#N)ccc32)c(-n2c3ccccc3c3cc(-c4ccc(C#N)cc4C#N)ccc32)cc1-c1cc(-c2ccccc2)nc(-c2ccccc2)c1. The summed E-state index contributed by atoms with van der Waals surface area (Å²) in [6, 6.07) is 76.7. The molecule has 0 aliphatic heterocycles. The molecule has 330 valence electrons. The van der Waals surface area contributed by atoms with Crippen molar-refractivity contribution in [1.82, 2.24) is 14.1 Å². The van der Waals surface area contributed by atoms with E-state index in [0.717, 1.165) is 111 Å². The van der Waals surface area contributed by atoms with E-state index in [0.29, 0.717) is 27.9 Å². The highest BCUT2D eigenvalue weighted by atomic mass is 15.1. The standard InChI is InChI=1S/C64H34N8/c1-69-58-35-64(72-60-19-11-9-17-52(60)55-31-45(23-27-62(55)72)50-25-21-41(37-66)29-48(50)39-68)63(34-53(58)46-32-56(42-12-4-2-5-13-42)70-57(33-46)43-14-6-3-7-15-43)71-59-18-10-8-16-51(59)54-30-44(22-26-61(54)71)49-24-20-40(36-65)28-47(49)38-67/h2-35H. The number of fused-ring (bicyclic) bond motifs is 6. The van der Waals surface area contributed by atoms with Crippen LogP contribution in [0.4, 0.5) is 5.69 Å². The van der Waals surface area contributed by atoms with Crippen LogP contribution in [0.15, 0.2) is 206 Å². The number of nitrogens with zero attached hydrogens (tertiary/aromatic N) is 8. The lowest BCUT2D eigenvalue weighted by molar-refractivity contribution is 1.10. The first-order valence-corrected chi connectivity index (χ1v) is 23.1. The average molecular weight is 915 g/mol. The number of hydrogen-bond acceptors (Lipinski definition) is 5. The molecule has 8 nitrogen and oxygen atoms in total. The lowest BCUT2D eigenvalue weighted by Crippen LogP contribution is -2.04. The Morgan fingerprint density at radius 2 is 0.806 bits per heavy atom. The summed E-state index contributed by atoms with van der Waals surface area (Å²) in [7, 11) is 0. The quantitative estimate of drug-likeness (QED) is 0.147. The van der Waals surface area contributed by atoms with E-state index in [1.807, 2.05) is 115 Å². The molecule has 0 fully saturated rings. The first-order chi connectivity index (χ1) is 35.5. The number of rotatable bonds is 7. The van der Waals surface area contributed by atoms with Gasteiger partial charge < -0.3 is 9.13 Å². The molecule has 0 atom stereocenters. The van der Waals surface area contributed by atoms with Crippen molar-refractivity contribution < 1.29 is 0 Å². The molecule has 9 aromatic carbocycles. The third-order valence-electron chi connectivity index (χ3n) is 13.5. The van der Waals surface area contributed by atoms with Crippen LogP contribution in [0.5, 0.6) is 0 Å². The molecule has 0 aliphatic rings. The molecule has 3 aromatic heterocycles. The van der Waals surface area contributed by atoms with Gasteiger partial charge in [0, 0.05) is 32.7 Å². The molecule has 0 spiro atoms. The van der Waals surface area contributed by atoms with E-state index in [1.54, 1.807) is 24.3 Å². The van der Waals surface area contributed by atoms with Crippen molar-refractivity contribution in [1.29, 1.82) is 21.0 Å². The summed E-state index contributed by atoms with van der Waals surface area (Å²) in [5, 5.41) is 43.6. The molecule has 12 rings (SSSR count). The number of aromatic nitrogens is 3. The minimum atomic E-state index is 0.413. The van der Waals surface area contributed by atoms with E-state index in [9.17, 15) is 21.0 Å². The van der Waals surface area contributed by atoms with E-state index in [1.165, 1.54) is 0 Å². The molecule has 3 heterocycles. The van der Waals surface area contributed by atoms with Crippen LogP contribution < -0.4 is 0 Å². The average Bonchev–Trinajstić information content (AvgIpc) is 3.96. The molecule has 0 saturated carbocycles. The Balaban J connectivity index is 1.18. The van der Waals surface area contributed by atoms with Crippen LogP contribution in [0.25, 0.3) is 116 Å². The van der Waals surface area contributed by atoms with E-state index in [-0.39, 0.29) is 0 Å². The highest BCUT2D eigenvalue weighted by Crippen LogP contribution is 2.45. The van der Waals surface area contributed by atoms with Crippen LogP contribution >= 0.6 is 0 Å². The zero-order valence-corrected chi connectivity index (χ0v) is 38.2. The number of para-hydroxylation sites is 2. The summed E-state index contributed by atoms with van der Waals surface area (Å²) >= 11 is 0. The Labute approximate surface area is 414 Å². The van der Waals surface area contributed by atoms with E-state index < -0.39 is 0 Å². The molecule has 0 N–H and O–H groups in total. The van der Waals surface area contributed by atoms with Crippen molar-refractivity contribution in [3.63, 3.8) is 0 Å². The van der Waals surface area contributed by atoms with Crippen molar-refractivity contribution in [2.75, 3.05) is 0 Å². The summed E-state index contributed by atoms with van der Waals surface area (Å²) in [6.45, 7) is 8.89. The van der Waals surface area contributed by atoms with Crippen LogP contribution in [0.3, 0.4) is 0 Å². The van der Waals surface area contributed by atoms with Crippen LogP contribution in [0.2, 0.25) is 0 Å². The summed E-state index contributed by atoms with van der Waals surface area (Å²) in [6.07, 6.45) is 0. The number of nitriles is 4. The maximum Gasteiger partial charge on any atom is 0.197 e. The molecule has 8 heteroatoms. The van der Waals surface area contributed by atoms with Crippen molar-refractivity contribution in [3.05, 3.63) is 240 Å². The molecule has 0 amide bonds. The molecule has 0 bridgehead atoms. The van der Waals surface area contributed by atoms with E-state index >= 15 is 0 Å². The summed E-state index contributed by atoms with van der Waals surface area (Å²) in [5.74, 6) is 0. The summed E-state index contributed by atoms with van der Waals surface area (Å²) in [5.41, 5.74) is 15.5. The smallest absolute Gasteiger partial charge is 0.197 e. The van der Waals surface area contributed by atoms with Gasteiger partial charge in [-0.25, -0.2) is 9.83 Å². The fourth-order valence-corrected chi connectivity index (χ4v) is 10.2. The molecular weight excluding hydrogens is 881 g/mol. The molecule has 72 heavy (non-hydrogen) atoms. The Morgan fingerprint density at radius 1 is 0.361 bits per heavy atom. The zero-order valence-electron chi connectivity index (χ0n) is 38.2. The third kappa shape index (κ3) is 7.00. The highest BCUT2D eigenvalue weighted by molar-refractivity contribution is 6.13. The lowest BCUT2D eigenvalue weighted by atomic mass is 9.96. The van der Waals surface area contributed by atoms with Gasteiger partial charge in [0.2, 0.25) is 0 Å². The van der Waals surface area contributed by atoms with Gasteiger partial charge in [0.25, 0.3) is 0 Å². The van der Waals surface area contributed by atoms with Crippen molar-refractivity contribution in [3.8, 4) is 91.5 Å². The molecule has 0 unspecified atom stereocenters. The van der Waals surface area contributed by atoms with Gasteiger partial charge in [0.05, 0.1) is 97.9 Å². The van der Waals surface area contributed by atoms with Crippen LogP contribution in [0, 0.1) is 51.9 Å². The van der Waals surface area contributed by atoms with Gasteiger partial charge in [-0.15, -0.1) is 0 Å². The van der Waals surface area contributed by atoms with Crippen molar-refractivity contribution in [2.45, 2.75) is 0 Å². The lowest BCUT2D eigenvalue weighted by Gasteiger charge is -2.20. The Morgan fingerprint density at radius 3 is 1.26 bits per heavy atom. The molecule has 12 aromatic rings. The summed E-state index contributed by atoms with van der Waals surface area (Å²) in [4.78, 5) is 9.48. The van der Waals surface area contributed by atoms with Crippen LogP contribution in [0.1, 0.15) is 22.3 Å². The minimum absolute atomic E-state index is 0.413. The molecule has 0 aliphatic carbocycles. The molecule has 0 radical (unpaired) electrons. The Hall–Kier alpha value is -10.8. The third-order valence-corrected chi connectivity index (χ3v) is 13.5. The normalized spacial score (nSPS) is 11.0. The maximum atomic E-state index is 10.2. The molecular formula is C64H34N8. The van der Waals surface area contributed by atoms with E-state index in [4.69, 9.17) is 11.6 Å². The van der Waals surface area contributed by atoms with Gasteiger partial charge in [-0.2, -0.15) is 21.0 Å². The Bertz CT molecular complexity index is 4390. The topological polar surface area (TPSA) is 122 Å². The second kappa shape index (κ2) is 17.4. The second-order valence-electron chi connectivity index (χ2n) is 17.5. The summed E-state index contributed by atoms with van der Waals surface area (Å²) < 4.78 is 4.50. The van der Waals surface area contributed by atoms with Crippen LogP contribution in [-0.4, -0.2) is 14.1 Å². The Kier molecular flexibility index (Phi) is 10.3. The zero-order chi connectivity index (χ0) is 48.9. The first-order valence-electron chi connectivity index (χ1n) is 23.1. The largest absolute Gasteiger partial charge is 0.308 e. The van der Waals surface area contributed by atoms with E-state index in [2.05, 4.69) is 105 Å². The maximum absolute atomic E-state index is 10.2. The van der Waals surface area contributed by atoms with Gasteiger partial charge in [0.1, 0.15) is 0 Å². The number of pyridine rings is 1. The van der Waals surface area contributed by atoms with Crippen molar-refractivity contribution in [2.24, 2.45) is 0 Å². The molecule has 0 saturated heterocycles. The minimum Gasteiger partial charge on any atom is -0.308 e. The van der Waals surface area contributed by atoms with Gasteiger partial charge in [0.15, 0.2) is 5.69 Å². The first kappa shape index (κ1) is 42.5. The van der Waals surface area contributed by atoms with Gasteiger partial charge in [-0.3, -0.25) is 0 Å². The fraction of sp³-hybridized carbons (Fsp3) is 0.